The average Bonchev–Trinajstić information content (AvgIpc) is 3.08. The first kappa shape index (κ1) is 21.1. The van der Waals surface area contributed by atoms with E-state index in [4.69, 9.17) is 8.92 Å². The molecule has 0 spiro atoms. The van der Waals surface area contributed by atoms with Gasteiger partial charge < -0.3 is 4.74 Å². The Morgan fingerprint density at radius 1 is 1.04 bits per heavy atom. The Hall–Kier alpha value is -1.65. The molecule has 2 saturated heterocycles. The topological polar surface area (TPSA) is 107 Å². The van der Waals surface area contributed by atoms with Gasteiger partial charge in [-0.25, -0.2) is 13.2 Å². The average molecular weight is 432 g/mol. The van der Waals surface area contributed by atoms with Gasteiger partial charge in [0.25, 0.3) is 10.1 Å². The molecule has 0 radical (unpaired) electrons. The minimum absolute atomic E-state index is 0.0683. The van der Waals surface area contributed by atoms with E-state index >= 15 is 0 Å². The van der Waals surface area contributed by atoms with Crippen molar-refractivity contribution in [3.8, 4) is 0 Å². The summed E-state index contributed by atoms with van der Waals surface area (Å²) in [5.41, 5.74) is -0.764. The number of carbonyl (C=O) groups is 1. The van der Waals surface area contributed by atoms with E-state index in [-0.39, 0.29) is 4.90 Å². The number of ether oxygens (including phenoxy) is 1. The summed E-state index contributed by atoms with van der Waals surface area (Å²) in [5.74, 6) is 0. The standard InChI is InChI=1S/C18H25NO7S2/c1-18(2,3)25-17(20)19-13-10-11-14(19)16(15(13)26-27(4,21)22)28(23,24)12-8-6-5-7-9-12/h5-9,13-16H,10-11H2,1-4H3/t13-,14+,15+,16-/m0/s1. The van der Waals surface area contributed by atoms with E-state index in [0.29, 0.717) is 12.8 Å². The second-order valence-electron chi connectivity index (χ2n) is 8.19. The molecule has 4 atom stereocenters. The fraction of sp³-hybridized carbons (Fsp3) is 0.611. The first-order chi connectivity index (χ1) is 12.8. The summed E-state index contributed by atoms with van der Waals surface area (Å²) in [6.45, 7) is 5.14. The third kappa shape index (κ3) is 4.04. The maximum atomic E-state index is 13.3. The van der Waals surface area contributed by atoms with E-state index in [9.17, 15) is 21.6 Å². The largest absolute Gasteiger partial charge is 0.444 e. The molecule has 0 aliphatic carbocycles. The second kappa shape index (κ2) is 7.00. The fourth-order valence-electron chi connectivity index (χ4n) is 4.01. The van der Waals surface area contributed by atoms with E-state index in [0.717, 1.165) is 6.26 Å². The van der Waals surface area contributed by atoms with Crippen LogP contribution in [0.15, 0.2) is 35.2 Å². The number of hydrogen-bond donors (Lipinski definition) is 0. The van der Waals surface area contributed by atoms with Crippen LogP contribution in [0.2, 0.25) is 0 Å². The number of carbonyl (C=O) groups excluding carboxylic acids is 1. The molecule has 1 amide bonds. The Morgan fingerprint density at radius 3 is 2.14 bits per heavy atom. The van der Waals surface area contributed by atoms with Crippen LogP contribution in [0.5, 0.6) is 0 Å². The van der Waals surface area contributed by atoms with E-state index in [2.05, 4.69) is 0 Å². The number of amides is 1. The number of fused-ring (bicyclic) bond motifs is 2. The predicted octanol–water partition coefficient (Wildman–Crippen LogP) is 1.96. The summed E-state index contributed by atoms with van der Waals surface area (Å²) in [6.07, 6.45) is -0.0719. The minimum Gasteiger partial charge on any atom is -0.444 e. The van der Waals surface area contributed by atoms with Gasteiger partial charge in [0.15, 0.2) is 9.84 Å². The van der Waals surface area contributed by atoms with Gasteiger partial charge in [-0.3, -0.25) is 9.08 Å². The van der Waals surface area contributed by atoms with Crippen LogP contribution in [-0.2, 0) is 28.9 Å². The third-order valence-corrected chi connectivity index (χ3v) is 7.68. The van der Waals surface area contributed by atoms with Gasteiger partial charge in [-0.15, -0.1) is 0 Å². The monoisotopic (exact) mass is 431 g/mol. The number of sulfone groups is 1. The number of hydrogen-bond acceptors (Lipinski definition) is 7. The number of rotatable bonds is 4. The molecule has 2 aliphatic rings. The molecule has 2 heterocycles. The molecule has 0 aromatic heterocycles. The van der Waals surface area contributed by atoms with Gasteiger partial charge in [0.2, 0.25) is 0 Å². The molecule has 2 bridgehead atoms. The summed E-state index contributed by atoms with van der Waals surface area (Å²) < 4.78 is 60.9. The molecule has 0 unspecified atom stereocenters. The predicted molar refractivity (Wildman–Crippen MR) is 102 cm³/mol. The highest BCUT2D eigenvalue weighted by Gasteiger charge is 2.62. The normalized spacial score (nSPS) is 27.8. The summed E-state index contributed by atoms with van der Waals surface area (Å²) in [4.78, 5) is 14.2. The molecular formula is C18H25NO7S2. The third-order valence-electron chi connectivity index (χ3n) is 4.88. The summed E-state index contributed by atoms with van der Waals surface area (Å²) in [5, 5.41) is -1.18. The number of benzene rings is 1. The van der Waals surface area contributed by atoms with Crippen molar-refractivity contribution in [1.82, 2.24) is 4.90 Å². The van der Waals surface area contributed by atoms with Crippen LogP contribution in [0.3, 0.4) is 0 Å². The number of nitrogens with zero attached hydrogens (tertiary/aromatic N) is 1. The van der Waals surface area contributed by atoms with E-state index in [1.165, 1.54) is 17.0 Å². The molecule has 2 aliphatic heterocycles. The molecule has 0 N–H and O–H groups in total. The van der Waals surface area contributed by atoms with Crippen LogP contribution in [-0.4, -0.2) is 63.1 Å². The lowest BCUT2D eigenvalue weighted by atomic mass is 9.97. The molecule has 8 nitrogen and oxygen atoms in total. The lowest BCUT2D eigenvalue weighted by Gasteiger charge is -2.27. The van der Waals surface area contributed by atoms with Crippen LogP contribution >= 0.6 is 0 Å². The van der Waals surface area contributed by atoms with Gasteiger partial charge >= 0.3 is 6.09 Å². The summed E-state index contributed by atoms with van der Waals surface area (Å²) >= 11 is 0. The Morgan fingerprint density at radius 2 is 1.61 bits per heavy atom. The molecule has 0 saturated carbocycles. The molecule has 1 aromatic carbocycles. The fourth-order valence-corrected chi connectivity index (χ4v) is 6.85. The van der Waals surface area contributed by atoms with Crippen molar-refractivity contribution in [2.24, 2.45) is 0 Å². The van der Waals surface area contributed by atoms with Crippen LogP contribution in [0.25, 0.3) is 0 Å². The molecule has 156 valence electrons. The Bertz CT molecular complexity index is 951. The smallest absolute Gasteiger partial charge is 0.410 e. The molecular weight excluding hydrogens is 406 g/mol. The maximum absolute atomic E-state index is 13.3. The van der Waals surface area contributed by atoms with E-state index in [1.54, 1.807) is 39.0 Å². The van der Waals surface area contributed by atoms with Gasteiger partial charge in [-0.1, -0.05) is 18.2 Å². The van der Waals surface area contributed by atoms with Gasteiger partial charge in [-0.2, -0.15) is 8.42 Å². The van der Waals surface area contributed by atoms with Crippen LogP contribution in [0.4, 0.5) is 4.79 Å². The van der Waals surface area contributed by atoms with Gasteiger partial charge in [0.1, 0.15) is 17.0 Å². The van der Waals surface area contributed by atoms with Crippen LogP contribution in [0.1, 0.15) is 33.6 Å². The van der Waals surface area contributed by atoms with Crippen molar-refractivity contribution in [2.45, 2.75) is 67.5 Å². The second-order valence-corrected chi connectivity index (χ2v) is 11.9. The zero-order chi connectivity index (χ0) is 20.9. The van der Waals surface area contributed by atoms with Crippen molar-refractivity contribution >= 4 is 26.0 Å². The lowest BCUT2D eigenvalue weighted by molar-refractivity contribution is 0.0183. The summed E-state index contributed by atoms with van der Waals surface area (Å²) in [6, 6.07) is 6.40. The first-order valence-corrected chi connectivity index (χ1v) is 12.4. The SMILES string of the molecule is CC(C)(C)OC(=O)N1[C@@H]2CC[C@H]1[C@@H](OS(C)(=O)=O)[C@H]2S(=O)(=O)c1ccccc1. The van der Waals surface area contributed by atoms with Crippen molar-refractivity contribution < 1.29 is 30.6 Å². The van der Waals surface area contributed by atoms with Crippen molar-refractivity contribution in [3.05, 3.63) is 30.3 Å². The maximum Gasteiger partial charge on any atom is 0.410 e. The Labute approximate surface area is 165 Å². The van der Waals surface area contributed by atoms with Crippen LogP contribution in [0, 0.1) is 0 Å². The lowest BCUT2D eigenvalue weighted by Crippen LogP contribution is -2.45. The minimum atomic E-state index is -3.94. The zero-order valence-electron chi connectivity index (χ0n) is 16.2. The molecule has 28 heavy (non-hydrogen) atoms. The quantitative estimate of drug-likeness (QED) is 0.671. The van der Waals surface area contributed by atoms with Gasteiger partial charge in [0, 0.05) is 0 Å². The van der Waals surface area contributed by atoms with Crippen molar-refractivity contribution in [1.29, 1.82) is 0 Å². The Kier molecular flexibility index (Phi) is 5.26. The molecule has 3 rings (SSSR count). The van der Waals surface area contributed by atoms with Crippen molar-refractivity contribution in [2.75, 3.05) is 6.26 Å². The Balaban J connectivity index is 2.03. The van der Waals surface area contributed by atoms with Gasteiger partial charge in [-0.05, 0) is 45.7 Å². The van der Waals surface area contributed by atoms with E-state index in [1.807, 2.05) is 0 Å². The zero-order valence-corrected chi connectivity index (χ0v) is 17.9. The molecule has 1 aromatic rings. The highest BCUT2D eigenvalue weighted by molar-refractivity contribution is 7.92. The highest BCUT2D eigenvalue weighted by atomic mass is 32.2. The summed E-state index contributed by atoms with van der Waals surface area (Å²) in [7, 11) is -7.87. The van der Waals surface area contributed by atoms with E-state index < -0.39 is 55.1 Å². The highest BCUT2D eigenvalue weighted by Crippen LogP contribution is 2.45. The van der Waals surface area contributed by atoms with Crippen molar-refractivity contribution in [3.63, 3.8) is 0 Å². The van der Waals surface area contributed by atoms with Crippen LogP contribution < -0.4 is 0 Å². The first-order valence-electron chi connectivity index (χ1n) is 9.00. The molecule has 2 fully saturated rings. The molecule has 10 heteroatoms. The van der Waals surface area contributed by atoms with Gasteiger partial charge in [0.05, 0.1) is 23.2 Å².